The third-order valence-electron chi connectivity index (χ3n) is 2.52. The number of nitriles is 1. The normalized spacial score (nSPS) is 11.0. The lowest BCUT2D eigenvalue weighted by Crippen LogP contribution is -2.13. The molecule has 0 atom stereocenters. The van der Waals surface area contributed by atoms with Crippen molar-refractivity contribution in [3.63, 3.8) is 0 Å². The van der Waals surface area contributed by atoms with E-state index in [4.69, 9.17) is 5.26 Å². The number of carbonyl (C=O) groups excluding carboxylic acids is 1. The average molecular weight is 350 g/mol. The monoisotopic (exact) mass is 349 g/mol. The second kappa shape index (κ2) is 6.75. The van der Waals surface area contributed by atoms with Gasteiger partial charge in [-0.2, -0.15) is 18.4 Å². The van der Waals surface area contributed by atoms with Crippen LogP contribution in [-0.2, 0) is 27.5 Å². The number of alkyl halides is 4. The quantitative estimate of drug-likeness (QED) is 0.616. The smallest absolute Gasteiger partial charge is 0.416 e. The van der Waals surface area contributed by atoms with Crippen molar-refractivity contribution in [2.45, 2.75) is 24.9 Å². The fourth-order valence-electron chi connectivity index (χ4n) is 1.71. The van der Waals surface area contributed by atoms with Gasteiger partial charge in [-0.1, -0.05) is 15.9 Å². The Labute approximate surface area is 122 Å². The van der Waals surface area contributed by atoms with Crippen molar-refractivity contribution in [2.75, 3.05) is 6.61 Å². The lowest BCUT2D eigenvalue weighted by molar-refractivity contribution is -0.142. The van der Waals surface area contributed by atoms with Gasteiger partial charge in [0.2, 0.25) is 0 Å². The first-order valence-corrected chi connectivity index (χ1v) is 6.80. The molecule has 3 nitrogen and oxygen atoms in total. The molecule has 1 rings (SSSR count). The summed E-state index contributed by atoms with van der Waals surface area (Å²) in [4.78, 5) is 11.3. The zero-order valence-corrected chi connectivity index (χ0v) is 12.1. The van der Waals surface area contributed by atoms with Gasteiger partial charge in [-0.3, -0.25) is 4.79 Å². The van der Waals surface area contributed by atoms with Crippen molar-refractivity contribution in [3.05, 3.63) is 34.4 Å². The molecule has 0 amide bonds. The number of carbonyl (C=O) groups is 1. The summed E-state index contributed by atoms with van der Waals surface area (Å²) in [7, 11) is 0. The first kappa shape index (κ1) is 16.5. The molecule has 7 heteroatoms. The Kier molecular flexibility index (Phi) is 5.57. The fraction of sp³-hybridized carbons (Fsp3) is 0.385. The van der Waals surface area contributed by atoms with Crippen LogP contribution in [0.25, 0.3) is 0 Å². The topological polar surface area (TPSA) is 50.1 Å². The van der Waals surface area contributed by atoms with Gasteiger partial charge in [0, 0.05) is 5.33 Å². The third kappa shape index (κ3) is 3.97. The summed E-state index contributed by atoms with van der Waals surface area (Å²) in [5.41, 5.74) is -1.03. The molecule has 0 aromatic heterocycles. The standard InChI is InChI=1S/C13H11BrF3NO2/c1-2-20-12(19)5-8-3-9(7-18)10(6-14)11(4-8)13(15,16)17/h3-4H,2,5-6H2,1H3. The summed E-state index contributed by atoms with van der Waals surface area (Å²) in [6, 6.07) is 3.89. The lowest BCUT2D eigenvalue weighted by atomic mass is 9.97. The summed E-state index contributed by atoms with van der Waals surface area (Å²) in [6.07, 6.45) is -4.88. The lowest BCUT2D eigenvalue weighted by Gasteiger charge is -2.14. The van der Waals surface area contributed by atoms with Crippen LogP contribution in [-0.4, -0.2) is 12.6 Å². The van der Waals surface area contributed by atoms with Crippen LogP contribution in [0.2, 0.25) is 0 Å². The van der Waals surface area contributed by atoms with Gasteiger partial charge in [-0.15, -0.1) is 0 Å². The fourth-order valence-corrected chi connectivity index (χ4v) is 2.31. The van der Waals surface area contributed by atoms with Crippen molar-refractivity contribution in [3.8, 4) is 6.07 Å². The number of hydrogen-bond acceptors (Lipinski definition) is 3. The predicted molar refractivity (Wildman–Crippen MR) is 69.1 cm³/mol. The highest BCUT2D eigenvalue weighted by Gasteiger charge is 2.34. The van der Waals surface area contributed by atoms with Crippen LogP contribution in [0.3, 0.4) is 0 Å². The molecule has 20 heavy (non-hydrogen) atoms. The Morgan fingerprint density at radius 3 is 2.55 bits per heavy atom. The van der Waals surface area contributed by atoms with E-state index in [1.807, 2.05) is 0 Å². The van der Waals surface area contributed by atoms with E-state index in [0.717, 1.165) is 6.07 Å². The van der Waals surface area contributed by atoms with Gasteiger partial charge < -0.3 is 4.74 Å². The molecule has 0 N–H and O–H groups in total. The van der Waals surface area contributed by atoms with Crippen LogP contribution >= 0.6 is 15.9 Å². The highest BCUT2D eigenvalue weighted by molar-refractivity contribution is 9.08. The number of hydrogen-bond donors (Lipinski definition) is 0. The maximum absolute atomic E-state index is 13.0. The van der Waals surface area contributed by atoms with Gasteiger partial charge in [-0.25, -0.2) is 0 Å². The number of halogens is 4. The van der Waals surface area contributed by atoms with E-state index >= 15 is 0 Å². The molecule has 0 aliphatic heterocycles. The summed E-state index contributed by atoms with van der Waals surface area (Å²) < 4.78 is 43.6. The molecule has 0 fully saturated rings. The van der Waals surface area contributed by atoms with Crippen LogP contribution in [0.4, 0.5) is 13.2 Å². The summed E-state index contributed by atoms with van der Waals surface area (Å²) >= 11 is 2.95. The van der Waals surface area contributed by atoms with E-state index in [1.54, 1.807) is 13.0 Å². The van der Waals surface area contributed by atoms with E-state index in [0.29, 0.717) is 0 Å². The molecule has 0 bridgehead atoms. The number of benzene rings is 1. The highest BCUT2D eigenvalue weighted by atomic mass is 79.9. The van der Waals surface area contributed by atoms with E-state index in [9.17, 15) is 18.0 Å². The molecule has 0 heterocycles. The average Bonchev–Trinajstić information content (AvgIpc) is 2.36. The van der Waals surface area contributed by atoms with E-state index in [-0.39, 0.29) is 35.0 Å². The summed E-state index contributed by atoms with van der Waals surface area (Å²) in [6.45, 7) is 1.75. The maximum Gasteiger partial charge on any atom is 0.416 e. The molecule has 0 radical (unpaired) electrons. The Morgan fingerprint density at radius 1 is 1.45 bits per heavy atom. The van der Waals surface area contributed by atoms with Crippen LogP contribution < -0.4 is 0 Å². The van der Waals surface area contributed by atoms with Crippen LogP contribution in [0.15, 0.2) is 12.1 Å². The van der Waals surface area contributed by atoms with Gasteiger partial charge in [0.1, 0.15) is 0 Å². The first-order valence-electron chi connectivity index (χ1n) is 5.68. The molecule has 0 aliphatic rings. The second-order valence-electron chi connectivity index (χ2n) is 3.89. The largest absolute Gasteiger partial charge is 0.466 e. The Bertz CT molecular complexity index is 550. The minimum absolute atomic E-state index is 0.0928. The van der Waals surface area contributed by atoms with Crippen molar-refractivity contribution < 1.29 is 22.7 Å². The van der Waals surface area contributed by atoms with Crippen molar-refractivity contribution in [1.29, 1.82) is 5.26 Å². The molecule has 0 saturated carbocycles. The zero-order valence-electron chi connectivity index (χ0n) is 10.6. The van der Waals surface area contributed by atoms with Gasteiger partial charge in [-0.05, 0) is 30.2 Å². The van der Waals surface area contributed by atoms with Crippen LogP contribution in [0, 0.1) is 11.3 Å². The summed E-state index contributed by atoms with van der Waals surface area (Å²) in [5.74, 6) is -0.629. The molecule has 0 unspecified atom stereocenters. The molecule has 1 aromatic rings. The number of rotatable bonds is 4. The molecular formula is C13H11BrF3NO2. The van der Waals surface area contributed by atoms with Crippen molar-refractivity contribution >= 4 is 21.9 Å². The van der Waals surface area contributed by atoms with E-state index in [1.165, 1.54) is 6.07 Å². The first-order chi connectivity index (χ1) is 9.33. The van der Waals surface area contributed by atoms with E-state index in [2.05, 4.69) is 20.7 Å². The third-order valence-corrected chi connectivity index (χ3v) is 3.08. The zero-order chi connectivity index (χ0) is 15.3. The molecule has 0 spiro atoms. The number of esters is 1. The second-order valence-corrected chi connectivity index (χ2v) is 4.46. The van der Waals surface area contributed by atoms with Gasteiger partial charge in [0.15, 0.2) is 0 Å². The number of ether oxygens (including phenoxy) is 1. The summed E-state index contributed by atoms with van der Waals surface area (Å²) in [5, 5.41) is 8.85. The van der Waals surface area contributed by atoms with Gasteiger partial charge in [0.05, 0.1) is 30.2 Å². The maximum atomic E-state index is 13.0. The van der Waals surface area contributed by atoms with Crippen molar-refractivity contribution in [1.82, 2.24) is 0 Å². The highest BCUT2D eigenvalue weighted by Crippen LogP contribution is 2.35. The molecular weight excluding hydrogens is 339 g/mol. The molecule has 0 aliphatic carbocycles. The minimum Gasteiger partial charge on any atom is -0.466 e. The Balaban J connectivity index is 3.30. The van der Waals surface area contributed by atoms with Crippen molar-refractivity contribution in [2.24, 2.45) is 0 Å². The molecule has 108 valence electrons. The minimum atomic E-state index is -4.58. The van der Waals surface area contributed by atoms with Gasteiger partial charge >= 0.3 is 12.1 Å². The Hall–Kier alpha value is -1.55. The van der Waals surface area contributed by atoms with Crippen LogP contribution in [0.1, 0.15) is 29.2 Å². The van der Waals surface area contributed by atoms with E-state index < -0.39 is 17.7 Å². The molecule has 1 aromatic carbocycles. The molecule has 0 saturated heterocycles. The van der Waals surface area contributed by atoms with Crippen LogP contribution in [0.5, 0.6) is 0 Å². The number of nitrogens with zero attached hydrogens (tertiary/aromatic N) is 1. The predicted octanol–water partition coefficient (Wildman–Crippen LogP) is 3.58. The van der Waals surface area contributed by atoms with Gasteiger partial charge in [0.25, 0.3) is 0 Å². The Morgan fingerprint density at radius 2 is 2.10 bits per heavy atom. The SMILES string of the molecule is CCOC(=O)Cc1cc(C#N)c(CBr)c(C(F)(F)F)c1.